The molecule has 0 atom stereocenters. The first-order chi connectivity index (χ1) is 9.60. The maximum Gasteiger partial charge on any atom is 0.254 e. The molecule has 1 amide bonds. The molecule has 1 aromatic carbocycles. The van der Waals surface area contributed by atoms with Gasteiger partial charge in [0, 0.05) is 18.4 Å². The van der Waals surface area contributed by atoms with Gasteiger partial charge in [0.1, 0.15) is 0 Å². The minimum atomic E-state index is -0.287. The molecule has 0 spiro atoms. The molecule has 1 heterocycles. The van der Waals surface area contributed by atoms with E-state index in [0.29, 0.717) is 22.7 Å². The van der Waals surface area contributed by atoms with Crippen LogP contribution in [-0.2, 0) is 6.54 Å². The Hall–Kier alpha value is -2.38. The van der Waals surface area contributed by atoms with E-state index in [1.165, 1.54) is 6.20 Å². The largest absolute Gasteiger partial charge is 0.348 e. The van der Waals surface area contributed by atoms with Crippen LogP contribution in [-0.4, -0.2) is 10.9 Å². The van der Waals surface area contributed by atoms with Gasteiger partial charge in [0.2, 0.25) is 0 Å². The van der Waals surface area contributed by atoms with Crippen molar-refractivity contribution in [2.75, 3.05) is 0 Å². The van der Waals surface area contributed by atoms with Gasteiger partial charge in [0.05, 0.1) is 22.2 Å². The zero-order valence-corrected chi connectivity index (χ0v) is 11.6. The highest BCUT2D eigenvalue weighted by atomic mass is 35.5. The predicted molar refractivity (Wildman–Crippen MR) is 76.3 cm³/mol. The topological polar surface area (TPSA) is 65.8 Å². The maximum atomic E-state index is 12.0. The summed E-state index contributed by atoms with van der Waals surface area (Å²) in [4.78, 5) is 16.1. The summed E-state index contributed by atoms with van der Waals surface area (Å²) in [6, 6.07) is 10.8. The van der Waals surface area contributed by atoms with E-state index in [-0.39, 0.29) is 5.91 Å². The summed E-state index contributed by atoms with van der Waals surface area (Å²) in [5.74, 6) is -0.287. The molecule has 0 saturated carbocycles. The van der Waals surface area contributed by atoms with Gasteiger partial charge in [-0.05, 0) is 30.7 Å². The molecule has 1 N–H and O–H groups in total. The Labute approximate surface area is 122 Å². The molecular formula is C15H12ClN3O. The lowest BCUT2D eigenvalue weighted by Crippen LogP contribution is -2.23. The van der Waals surface area contributed by atoms with E-state index in [9.17, 15) is 4.79 Å². The monoisotopic (exact) mass is 285 g/mol. The fraction of sp³-hybridized carbons (Fsp3) is 0.133. The minimum Gasteiger partial charge on any atom is -0.348 e. The van der Waals surface area contributed by atoms with E-state index in [0.717, 1.165) is 11.3 Å². The zero-order chi connectivity index (χ0) is 14.5. The Balaban J connectivity index is 2.07. The van der Waals surface area contributed by atoms with Gasteiger partial charge in [-0.3, -0.25) is 9.78 Å². The van der Waals surface area contributed by atoms with Gasteiger partial charge in [0.15, 0.2) is 0 Å². The quantitative estimate of drug-likeness (QED) is 0.943. The highest BCUT2D eigenvalue weighted by Gasteiger charge is 2.10. The second kappa shape index (κ2) is 6.18. The molecule has 2 aromatic rings. The van der Waals surface area contributed by atoms with Crippen LogP contribution in [0.1, 0.15) is 27.2 Å². The number of hydrogen-bond acceptors (Lipinski definition) is 3. The van der Waals surface area contributed by atoms with Crippen LogP contribution in [0.4, 0.5) is 0 Å². The van der Waals surface area contributed by atoms with Crippen molar-refractivity contribution in [3.8, 4) is 6.07 Å². The van der Waals surface area contributed by atoms with E-state index >= 15 is 0 Å². The number of hydrogen-bond donors (Lipinski definition) is 1. The van der Waals surface area contributed by atoms with Crippen LogP contribution >= 0.6 is 11.6 Å². The van der Waals surface area contributed by atoms with Crippen LogP contribution in [0.5, 0.6) is 0 Å². The lowest BCUT2D eigenvalue weighted by atomic mass is 10.1. The maximum absolute atomic E-state index is 12.0. The molecule has 20 heavy (non-hydrogen) atoms. The number of halogens is 1. The first-order valence-corrected chi connectivity index (χ1v) is 6.37. The van der Waals surface area contributed by atoms with Crippen LogP contribution in [0.15, 0.2) is 36.5 Å². The average molecular weight is 286 g/mol. The van der Waals surface area contributed by atoms with Gasteiger partial charge in [-0.2, -0.15) is 5.26 Å². The number of aromatic nitrogens is 1. The van der Waals surface area contributed by atoms with Gasteiger partial charge in [-0.1, -0.05) is 23.7 Å². The Morgan fingerprint density at radius 3 is 2.95 bits per heavy atom. The van der Waals surface area contributed by atoms with Crippen molar-refractivity contribution >= 4 is 17.5 Å². The van der Waals surface area contributed by atoms with Crippen LogP contribution < -0.4 is 5.32 Å². The van der Waals surface area contributed by atoms with E-state index in [4.69, 9.17) is 16.9 Å². The summed E-state index contributed by atoms with van der Waals surface area (Å²) in [6.45, 7) is 2.14. The molecule has 0 aliphatic carbocycles. The first-order valence-electron chi connectivity index (χ1n) is 5.99. The van der Waals surface area contributed by atoms with E-state index in [1.807, 2.05) is 6.07 Å². The number of nitrogens with zero attached hydrogens (tertiary/aromatic N) is 2. The number of nitrogens with one attached hydrogen (secondary N) is 1. The van der Waals surface area contributed by atoms with E-state index < -0.39 is 0 Å². The van der Waals surface area contributed by atoms with Crippen molar-refractivity contribution in [1.29, 1.82) is 5.26 Å². The third kappa shape index (κ3) is 3.34. The minimum absolute atomic E-state index is 0.287. The molecule has 1 aromatic heterocycles. The van der Waals surface area contributed by atoms with Crippen LogP contribution in [0, 0.1) is 18.3 Å². The molecule has 0 aliphatic rings. The van der Waals surface area contributed by atoms with Gasteiger partial charge >= 0.3 is 0 Å². The number of benzene rings is 1. The van der Waals surface area contributed by atoms with Crippen molar-refractivity contribution in [2.24, 2.45) is 0 Å². The highest BCUT2D eigenvalue weighted by molar-refractivity contribution is 6.33. The SMILES string of the molecule is Cc1cc(Cl)c(C(=O)NCc2cccc(C#N)c2)cn1. The number of aryl methyl sites for hydroxylation is 1. The van der Waals surface area contributed by atoms with Crippen molar-refractivity contribution < 1.29 is 4.79 Å². The summed E-state index contributed by atoms with van der Waals surface area (Å²) in [5, 5.41) is 11.9. The lowest BCUT2D eigenvalue weighted by molar-refractivity contribution is 0.0950. The summed E-state index contributed by atoms with van der Waals surface area (Å²) < 4.78 is 0. The molecule has 2 rings (SSSR count). The van der Waals surface area contributed by atoms with E-state index in [2.05, 4.69) is 16.4 Å². The fourth-order valence-electron chi connectivity index (χ4n) is 1.72. The summed E-state index contributed by atoms with van der Waals surface area (Å²) >= 11 is 6.01. The van der Waals surface area contributed by atoms with Crippen LogP contribution in [0.2, 0.25) is 5.02 Å². The molecule has 0 bridgehead atoms. The van der Waals surface area contributed by atoms with Gasteiger partial charge < -0.3 is 5.32 Å². The van der Waals surface area contributed by atoms with Gasteiger partial charge in [0.25, 0.3) is 5.91 Å². The van der Waals surface area contributed by atoms with E-state index in [1.54, 1.807) is 31.2 Å². The summed E-state index contributed by atoms with van der Waals surface area (Å²) in [7, 11) is 0. The molecule has 5 heteroatoms. The van der Waals surface area contributed by atoms with Crippen molar-refractivity contribution in [3.63, 3.8) is 0 Å². The molecular weight excluding hydrogens is 274 g/mol. The van der Waals surface area contributed by atoms with Crippen molar-refractivity contribution in [1.82, 2.24) is 10.3 Å². The Kier molecular flexibility index (Phi) is 4.34. The van der Waals surface area contributed by atoms with Crippen LogP contribution in [0.25, 0.3) is 0 Å². The molecule has 0 radical (unpaired) electrons. The molecule has 100 valence electrons. The fourth-order valence-corrected chi connectivity index (χ4v) is 2.01. The molecule has 0 aliphatic heterocycles. The standard InChI is InChI=1S/C15H12ClN3O/c1-10-5-14(16)13(9-18-10)15(20)19-8-12-4-2-3-11(6-12)7-17/h2-6,9H,8H2,1H3,(H,19,20). The molecule has 0 saturated heterocycles. The highest BCUT2D eigenvalue weighted by Crippen LogP contribution is 2.15. The van der Waals surface area contributed by atoms with Crippen molar-refractivity contribution in [3.05, 3.63) is 63.9 Å². The van der Waals surface area contributed by atoms with Gasteiger partial charge in [-0.15, -0.1) is 0 Å². The molecule has 0 fully saturated rings. The lowest BCUT2D eigenvalue weighted by Gasteiger charge is -2.07. The number of carbonyl (C=O) groups is 1. The smallest absolute Gasteiger partial charge is 0.254 e. The Morgan fingerprint density at radius 1 is 1.45 bits per heavy atom. The average Bonchev–Trinajstić information content (AvgIpc) is 2.45. The van der Waals surface area contributed by atoms with Crippen molar-refractivity contribution in [2.45, 2.75) is 13.5 Å². The Morgan fingerprint density at radius 2 is 2.25 bits per heavy atom. The van der Waals surface area contributed by atoms with Gasteiger partial charge in [-0.25, -0.2) is 0 Å². The normalized spacial score (nSPS) is 9.85. The Bertz CT molecular complexity index is 692. The second-order valence-electron chi connectivity index (χ2n) is 4.30. The zero-order valence-electron chi connectivity index (χ0n) is 10.9. The summed E-state index contributed by atoms with van der Waals surface area (Å²) in [5.41, 5.74) is 2.52. The third-order valence-electron chi connectivity index (χ3n) is 2.74. The first kappa shape index (κ1) is 14.0. The number of carbonyl (C=O) groups excluding carboxylic acids is 1. The molecule has 4 nitrogen and oxygen atoms in total. The van der Waals surface area contributed by atoms with Crippen LogP contribution in [0.3, 0.4) is 0 Å². The second-order valence-corrected chi connectivity index (χ2v) is 4.71. The molecule has 0 unspecified atom stereocenters. The summed E-state index contributed by atoms with van der Waals surface area (Å²) in [6.07, 6.45) is 1.46. The number of pyridine rings is 1. The number of rotatable bonds is 3. The predicted octanol–water partition coefficient (Wildman–Crippen LogP) is 2.85. The number of amides is 1. The third-order valence-corrected chi connectivity index (χ3v) is 3.06. The number of nitriles is 1.